The van der Waals surface area contributed by atoms with Crippen LogP contribution in [-0.2, 0) is 10.0 Å². The lowest BCUT2D eigenvalue weighted by Gasteiger charge is -2.28. The predicted molar refractivity (Wildman–Crippen MR) is 149 cm³/mol. The number of likely N-dealkylation sites (tertiary alicyclic amines) is 1. The smallest absolute Gasteiger partial charge is 0.240 e. The molecule has 0 spiro atoms. The highest BCUT2D eigenvalue weighted by Crippen LogP contribution is 2.34. The zero-order valence-electron chi connectivity index (χ0n) is 22.1. The van der Waals surface area contributed by atoms with Crippen molar-refractivity contribution in [2.75, 3.05) is 38.6 Å². The molecule has 0 aliphatic carbocycles. The predicted octanol–water partition coefficient (Wildman–Crippen LogP) is 3.65. The van der Waals surface area contributed by atoms with Gasteiger partial charge in [-0.25, -0.2) is 23.1 Å². The van der Waals surface area contributed by atoms with E-state index in [9.17, 15) is 8.42 Å². The van der Waals surface area contributed by atoms with E-state index in [1.165, 1.54) is 7.05 Å². The molecule has 1 atom stereocenters. The molecule has 38 heavy (non-hydrogen) atoms. The maximum atomic E-state index is 12.8. The molecule has 6 rings (SSSR count). The summed E-state index contributed by atoms with van der Waals surface area (Å²) in [7, 11) is -0.0450. The average Bonchev–Trinajstić information content (AvgIpc) is 3.68. The van der Waals surface area contributed by atoms with Crippen LogP contribution in [0.2, 0.25) is 0 Å². The van der Waals surface area contributed by atoms with Crippen molar-refractivity contribution in [1.82, 2.24) is 34.4 Å². The molecule has 2 aliphatic heterocycles. The fourth-order valence-electron chi connectivity index (χ4n) is 5.67. The minimum Gasteiger partial charge on any atom is -0.369 e. The Morgan fingerprint density at radius 1 is 1.05 bits per heavy atom. The Hall–Kier alpha value is -3.28. The zero-order valence-corrected chi connectivity index (χ0v) is 22.9. The number of nitrogens with one attached hydrogen (secondary N) is 2. The van der Waals surface area contributed by atoms with Gasteiger partial charge in [0, 0.05) is 47.4 Å². The molecule has 4 aromatic rings. The van der Waals surface area contributed by atoms with Crippen LogP contribution in [-0.4, -0.2) is 77.8 Å². The lowest BCUT2D eigenvalue weighted by molar-refractivity contribution is 0.212. The fourth-order valence-corrected chi connectivity index (χ4v) is 6.47. The SMILES string of the molecule is CNS(=O)(=O)c1cc(-c2cnc3[nH]cc(-c4cnn(C5CCN(C)CC5)c4)c3n2)cc(N2CCCC2C)c1. The highest BCUT2D eigenvalue weighted by Gasteiger charge is 2.24. The highest BCUT2D eigenvalue weighted by molar-refractivity contribution is 7.89. The lowest BCUT2D eigenvalue weighted by Crippen LogP contribution is -2.31. The van der Waals surface area contributed by atoms with Gasteiger partial charge in [-0.3, -0.25) is 4.68 Å². The number of H-pyrrole nitrogens is 1. The Kier molecular flexibility index (Phi) is 6.45. The van der Waals surface area contributed by atoms with Crippen LogP contribution in [0, 0.1) is 0 Å². The largest absolute Gasteiger partial charge is 0.369 e. The molecule has 1 unspecified atom stereocenters. The van der Waals surface area contributed by atoms with E-state index in [4.69, 9.17) is 4.98 Å². The number of aromatic amines is 1. The van der Waals surface area contributed by atoms with E-state index in [-0.39, 0.29) is 4.90 Å². The molecular formula is C27H34N8O2S. The first-order chi connectivity index (χ1) is 18.3. The number of rotatable bonds is 6. The highest BCUT2D eigenvalue weighted by atomic mass is 32.2. The van der Waals surface area contributed by atoms with E-state index in [2.05, 4.69) is 54.4 Å². The summed E-state index contributed by atoms with van der Waals surface area (Å²) in [5.74, 6) is 0. The van der Waals surface area contributed by atoms with Crippen molar-refractivity contribution in [1.29, 1.82) is 0 Å². The molecule has 2 fully saturated rings. The molecule has 5 heterocycles. The topological polar surface area (TPSA) is 112 Å². The minimum absolute atomic E-state index is 0.224. The minimum atomic E-state index is -3.64. The number of anilines is 1. The number of fused-ring (bicyclic) bond motifs is 1. The molecule has 2 aliphatic rings. The second-order valence-electron chi connectivity index (χ2n) is 10.5. The molecule has 3 aromatic heterocycles. The molecule has 2 N–H and O–H groups in total. The molecule has 0 radical (unpaired) electrons. The normalized spacial score (nSPS) is 19.6. The molecule has 11 heteroatoms. The van der Waals surface area contributed by atoms with Crippen LogP contribution < -0.4 is 9.62 Å². The first-order valence-electron chi connectivity index (χ1n) is 13.3. The van der Waals surface area contributed by atoms with Gasteiger partial charge in [0.25, 0.3) is 0 Å². The van der Waals surface area contributed by atoms with Gasteiger partial charge in [0.15, 0.2) is 5.65 Å². The standard InChI is InChI=1S/C27H34N8O2S/c1-18-5-4-8-34(18)22-11-19(12-23(13-22)38(36,37)28-2)25-16-30-27-26(32-25)24(15-29-27)20-14-31-35(17-20)21-6-9-33(3)10-7-21/h11-18,21,28H,4-10H2,1-3H3,(H,29,30). The number of sulfonamides is 1. The second-order valence-corrected chi connectivity index (χ2v) is 12.4. The summed E-state index contributed by atoms with van der Waals surface area (Å²) in [6.07, 6.45) is 11.9. The molecule has 1 aromatic carbocycles. The van der Waals surface area contributed by atoms with Crippen LogP contribution in [0.3, 0.4) is 0 Å². The Balaban J connectivity index is 1.40. The molecule has 0 bridgehead atoms. The van der Waals surface area contributed by atoms with Crippen LogP contribution in [0.5, 0.6) is 0 Å². The summed E-state index contributed by atoms with van der Waals surface area (Å²) in [5.41, 5.74) is 5.57. The van der Waals surface area contributed by atoms with Gasteiger partial charge in [0.2, 0.25) is 10.0 Å². The first-order valence-corrected chi connectivity index (χ1v) is 14.7. The van der Waals surface area contributed by atoms with E-state index in [0.29, 0.717) is 23.4 Å². The fraction of sp³-hybridized carbons (Fsp3) is 0.444. The summed E-state index contributed by atoms with van der Waals surface area (Å²) >= 11 is 0. The van der Waals surface area contributed by atoms with E-state index in [1.54, 1.807) is 18.3 Å². The van der Waals surface area contributed by atoms with Crippen LogP contribution in [0.1, 0.15) is 38.6 Å². The average molecular weight is 535 g/mol. The van der Waals surface area contributed by atoms with Crippen molar-refractivity contribution < 1.29 is 8.42 Å². The summed E-state index contributed by atoms with van der Waals surface area (Å²) in [4.78, 5) is 17.7. The maximum Gasteiger partial charge on any atom is 0.240 e. The van der Waals surface area contributed by atoms with Gasteiger partial charge in [-0.2, -0.15) is 5.10 Å². The number of aromatic nitrogens is 5. The molecular weight excluding hydrogens is 500 g/mol. The van der Waals surface area contributed by atoms with E-state index in [1.807, 2.05) is 18.5 Å². The third-order valence-corrected chi connectivity index (χ3v) is 9.40. The quantitative estimate of drug-likeness (QED) is 0.388. The van der Waals surface area contributed by atoms with E-state index >= 15 is 0 Å². The third kappa shape index (κ3) is 4.59. The molecule has 10 nitrogen and oxygen atoms in total. The first kappa shape index (κ1) is 25.0. The Morgan fingerprint density at radius 2 is 1.87 bits per heavy atom. The van der Waals surface area contributed by atoms with Gasteiger partial charge in [-0.05, 0) is 78.0 Å². The van der Waals surface area contributed by atoms with Crippen molar-refractivity contribution in [2.24, 2.45) is 0 Å². The van der Waals surface area contributed by atoms with Gasteiger partial charge in [0.05, 0.1) is 29.0 Å². The van der Waals surface area contributed by atoms with Gasteiger partial charge in [-0.1, -0.05) is 0 Å². The van der Waals surface area contributed by atoms with Crippen molar-refractivity contribution in [3.63, 3.8) is 0 Å². The van der Waals surface area contributed by atoms with Crippen LogP contribution >= 0.6 is 0 Å². The maximum absolute atomic E-state index is 12.8. The summed E-state index contributed by atoms with van der Waals surface area (Å²) in [6, 6.07) is 6.20. The number of hydrogen-bond acceptors (Lipinski definition) is 7. The van der Waals surface area contributed by atoms with Crippen LogP contribution in [0.15, 0.2) is 47.9 Å². The van der Waals surface area contributed by atoms with Crippen molar-refractivity contribution >= 4 is 26.9 Å². The van der Waals surface area contributed by atoms with Crippen LogP contribution in [0.25, 0.3) is 33.5 Å². The number of nitrogens with zero attached hydrogens (tertiary/aromatic N) is 6. The molecule has 0 saturated carbocycles. The molecule has 200 valence electrons. The summed E-state index contributed by atoms with van der Waals surface area (Å²) in [5, 5.41) is 4.68. The monoisotopic (exact) mass is 534 g/mol. The molecule has 2 saturated heterocycles. The summed E-state index contributed by atoms with van der Waals surface area (Å²) < 4.78 is 30.2. The van der Waals surface area contributed by atoms with E-state index in [0.717, 1.165) is 73.2 Å². The van der Waals surface area contributed by atoms with Gasteiger partial charge in [0.1, 0.15) is 5.52 Å². The number of benzene rings is 1. The van der Waals surface area contributed by atoms with Crippen molar-refractivity contribution in [3.05, 3.63) is 43.0 Å². The number of hydrogen-bond donors (Lipinski definition) is 2. The van der Waals surface area contributed by atoms with Crippen molar-refractivity contribution in [3.8, 4) is 22.4 Å². The van der Waals surface area contributed by atoms with Gasteiger partial charge in [-0.15, -0.1) is 0 Å². The van der Waals surface area contributed by atoms with E-state index < -0.39 is 10.0 Å². The Morgan fingerprint density at radius 3 is 2.61 bits per heavy atom. The van der Waals surface area contributed by atoms with Gasteiger partial charge >= 0.3 is 0 Å². The Bertz CT molecular complexity index is 1570. The summed E-state index contributed by atoms with van der Waals surface area (Å²) in [6.45, 7) is 5.22. The lowest BCUT2D eigenvalue weighted by atomic mass is 10.1. The van der Waals surface area contributed by atoms with Crippen LogP contribution in [0.4, 0.5) is 5.69 Å². The second kappa shape index (κ2) is 9.79. The third-order valence-electron chi connectivity index (χ3n) is 8.01. The molecule has 0 amide bonds. The van der Waals surface area contributed by atoms with Crippen molar-refractivity contribution in [2.45, 2.75) is 49.6 Å². The zero-order chi connectivity index (χ0) is 26.4. The number of piperidine rings is 1. The van der Waals surface area contributed by atoms with Gasteiger partial charge < -0.3 is 14.8 Å². The Labute approximate surface area is 223 Å².